The molecule has 0 aromatic carbocycles. The van der Waals surface area contributed by atoms with Crippen LogP contribution < -0.4 is 5.32 Å². The number of nitrogens with zero attached hydrogens (tertiary/aromatic N) is 4. The zero-order chi connectivity index (χ0) is 13.8. The van der Waals surface area contributed by atoms with E-state index in [1.165, 1.54) is 0 Å². The first-order valence-corrected chi connectivity index (χ1v) is 7.06. The average Bonchev–Trinajstić information content (AvgIpc) is 2.73. The smallest absolute Gasteiger partial charge is 0.144 e. The number of aromatic nitrogens is 3. The maximum absolute atomic E-state index is 4.47. The Kier molecular flexibility index (Phi) is 4.44. The van der Waals surface area contributed by atoms with Crippen molar-refractivity contribution in [2.45, 2.75) is 26.9 Å². The summed E-state index contributed by atoms with van der Waals surface area (Å²) in [5.74, 6) is 1.69. The molecular formula is C13H19N5S. The summed E-state index contributed by atoms with van der Waals surface area (Å²) in [4.78, 5) is 15.6. The van der Waals surface area contributed by atoms with E-state index in [4.69, 9.17) is 0 Å². The van der Waals surface area contributed by atoms with Crippen molar-refractivity contribution in [3.8, 4) is 0 Å². The van der Waals surface area contributed by atoms with Crippen molar-refractivity contribution in [2.75, 3.05) is 19.4 Å². The van der Waals surface area contributed by atoms with E-state index in [1.807, 2.05) is 27.0 Å². The van der Waals surface area contributed by atoms with Crippen LogP contribution >= 0.6 is 11.3 Å². The molecule has 2 aromatic heterocycles. The van der Waals surface area contributed by atoms with Crippen molar-refractivity contribution in [3.63, 3.8) is 0 Å². The largest absolute Gasteiger partial charge is 0.373 e. The van der Waals surface area contributed by atoms with Gasteiger partial charge >= 0.3 is 0 Å². The van der Waals surface area contributed by atoms with Crippen molar-refractivity contribution in [1.82, 2.24) is 19.9 Å². The van der Waals surface area contributed by atoms with E-state index in [0.29, 0.717) is 6.54 Å². The summed E-state index contributed by atoms with van der Waals surface area (Å²) in [6.07, 6.45) is 0. The van der Waals surface area contributed by atoms with E-state index in [-0.39, 0.29) is 0 Å². The number of aryl methyl sites for hydroxylation is 2. The lowest BCUT2D eigenvalue weighted by Gasteiger charge is -2.15. The second kappa shape index (κ2) is 6.08. The second-order valence-electron chi connectivity index (χ2n) is 4.59. The van der Waals surface area contributed by atoms with Crippen molar-refractivity contribution in [1.29, 1.82) is 0 Å². The normalized spacial score (nSPS) is 11.0. The third kappa shape index (κ3) is 3.97. The van der Waals surface area contributed by atoms with Gasteiger partial charge in [0.1, 0.15) is 11.6 Å². The highest BCUT2D eigenvalue weighted by Gasteiger charge is 2.07. The molecule has 6 heteroatoms. The van der Waals surface area contributed by atoms with Crippen LogP contribution in [0.4, 0.5) is 5.82 Å². The summed E-state index contributed by atoms with van der Waals surface area (Å²) in [7, 11) is 3.92. The fourth-order valence-corrected chi connectivity index (χ4v) is 2.49. The van der Waals surface area contributed by atoms with Gasteiger partial charge in [0.05, 0.1) is 17.2 Å². The van der Waals surface area contributed by atoms with Crippen LogP contribution in [-0.4, -0.2) is 33.9 Å². The molecule has 2 rings (SSSR count). The fourth-order valence-electron chi connectivity index (χ4n) is 1.88. The molecule has 19 heavy (non-hydrogen) atoms. The SMILES string of the molecule is CNc1cc(C)nc(CN(C)Cc2csc(C)n2)n1. The summed E-state index contributed by atoms with van der Waals surface area (Å²) in [5, 5.41) is 6.26. The molecule has 0 aliphatic carbocycles. The van der Waals surface area contributed by atoms with E-state index in [1.54, 1.807) is 11.3 Å². The molecule has 0 saturated heterocycles. The molecule has 0 atom stereocenters. The number of hydrogen-bond acceptors (Lipinski definition) is 6. The molecule has 5 nitrogen and oxygen atoms in total. The molecule has 0 bridgehead atoms. The number of thiazole rings is 1. The Balaban J connectivity index is 2.02. The molecule has 2 aromatic rings. The van der Waals surface area contributed by atoms with Crippen molar-refractivity contribution >= 4 is 17.2 Å². The predicted octanol–water partition coefficient (Wildman–Crippen LogP) is 2.22. The van der Waals surface area contributed by atoms with Crippen LogP contribution in [0, 0.1) is 13.8 Å². The van der Waals surface area contributed by atoms with Crippen LogP contribution in [0.2, 0.25) is 0 Å². The number of hydrogen-bond donors (Lipinski definition) is 1. The van der Waals surface area contributed by atoms with Crippen LogP contribution in [0.15, 0.2) is 11.4 Å². The molecule has 0 amide bonds. The first-order chi connectivity index (χ1) is 9.06. The third-order valence-corrected chi connectivity index (χ3v) is 3.49. The van der Waals surface area contributed by atoms with Gasteiger partial charge in [-0.05, 0) is 20.9 Å². The second-order valence-corrected chi connectivity index (χ2v) is 5.65. The lowest BCUT2D eigenvalue weighted by Crippen LogP contribution is -2.19. The minimum atomic E-state index is 0.715. The lowest BCUT2D eigenvalue weighted by atomic mass is 10.4. The van der Waals surface area contributed by atoms with Gasteiger partial charge in [0, 0.05) is 30.7 Å². The Morgan fingerprint density at radius 1 is 1.21 bits per heavy atom. The summed E-state index contributed by atoms with van der Waals surface area (Å²) in [5.41, 5.74) is 2.08. The third-order valence-electron chi connectivity index (χ3n) is 2.67. The maximum atomic E-state index is 4.47. The minimum Gasteiger partial charge on any atom is -0.373 e. The standard InChI is InChI=1S/C13H19N5S/c1-9-5-12(14-3)17-13(15-9)7-18(4)6-11-8-19-10(2)16-11/h5,8H,6-7H2,1-4H3,(H,14,15,17). The average molecular weight is 277 g/mol. The Morgan fingerprint density at radius 2 is 2.00 bits per heavy atom. The molecule has 0 fully saturated rings. The highest BCUT2D eigenvalue weighted by molar-refractivity contribution is 7.09. The fraction of sp³-hybridized carbons (Fsp3) is 0.462. The van der Waals surface area contributed by atoms with E-state index < -0.39 is 0 Å². The maximum Gasteiger partial charge on any atom is 0.144 e. The number of anilines is 1. The zero-order valence-electron chi connectivity index (χ0n) is 11.8. The summed E-state index contributed by atoms with van der Waals surface area (Å²) in [6.45, 7) is 5.54. The van der Waals surface area contributed by atoms with Gasteiger partial charge in [-0.15, -0.1) is 11.3 Å². The van der Waals surface area contributed by atoms with Crippen molar-refractivity contribution in [3.05, 3.63) is 33.7 Å². The van der Waals surface area contributed by atoms with Gasteiger partial charge < -0.3 is 5.32 Å². The quantitative estimate of drug-likeness (QED) is 0.908. The van der Waals surface area contributed by atoms with Crippen molar-refractivity contribution in [2.24, 2.45) is 0 Å². The summed E-state index contributed by atoms with van der Waals surface area (Å²) < 4.78 is 0. The molecule has 0 radical (unpaired) electrons. The minimum absolute atomic E-state index is 0.715. The molecule has 2 heterocycles. The Bertz CT molecular complexity index is 552. The van der Waals surface area contributed by atoms with E-state index in [9.17, 15) is 0 Å². The van der Waals surface area contributed by atoms with E-state index in [0.717, 1.165) is 34.6 Å². The van der Waals surface area contributed by atoms with Crippen LogP contribution in [0.25, 0.3) is 0 Å². The van der Waals surface area contributed by atoms with Crippen molar-refractivity contribution < 1.29 is 0 Å². The van der Waals surface area contributed by atoms with Gasteiger partial charge in [-0.1, -0.05) is 0 Å². The zero-order valence-corrected chi connectivity index (χ0v) is 12.6. The molecule has 102 valence electrons. The van der Waals surface area contributed by atoms with Gasteiger partial charge in [0.15, 0.2) is 0 Å². The van der Waals surface area contributed by atoms with Crippen LogP contribution in [-0.2, 0) is 13.1 Å². The van der Waals surface area contributed by atoms with Gasteiger partial charge in [0.2, 0.25) is 0 Å². The van der Waals surface area contributed by atoms with Gasteiger partial charge in [0.25, 0.3) is 0 Å². The molecular weight excluding hydrogens is 258 g/mol. The van der Waals surface area contributed by atoms with E-state index in [2.05, 4.69) is 37.6 Å². The number of rotatable bonds is 5. The molecule has 0 aliphatic rings. The van der Waals surface area contributed by atoms with Gasteiger partial charge in [-0.25, -0.2) is 15.0 Å². The first-order valence-electron chi connectivity index (χ1n) is 6.18. The molecule has 0 unspecified atom stereocenters. The lowest BCUT2D eigenvalue weighted by molar-refractivity contribution is 0.307. The van der Waals surface area contributed by atoms with E-state index >= 15 is 0 Å². The summed E-state index contributed by atoms with van der Waals surface area (Å²) in [6, 6.07) is 1.94. The predicted molar refractivity (Wildman–Crippen MR) is 78.3 cm³/mol. The van der Waals surface area contributed by atoms with Crippen LogP contribution in [0.3, 0.4) is 0 Å². The highest BCUT2D eigenvalue weighted by atomic mass is 32.1. The molecule has 0 aliphatic heterocycles. The molecule has 1 N–H and O–H groups in total. The molecule has 0 saturated carbocycles. The number of nitrogens with one attached hydrogen (secondary N) is 1. The monoisotopic (exact) mass is 277 g/mol. The first kappa shape index (κ1) is 13.9. The van der Waals surface area contributed by atoms with Crippen LogP contribution in [0.1, 0.15) is 22.2 Å². The topological polar surface area (TPSA) is 53.9 Å². The summed E-state index contributed by atoms with van der Waals surface area (Å²) >= 11 is 1.68. The Morgan fingerprint density at radius 3 is 2.63 bits per heavy atom. The highest BCUT2D eigenvalue weighted by Crippen LogP contribution is 2.12. The Hall–Kier alpha value is -1.53. The Labute approximate surface area is 117 Å². The van der Waals surface area contributed by atoms with Crippen LogP contribution in [0.5, 0.6) is 0 Å². The van der Waals surface area contributed by atoms with Gasteiger partial charge in [-0.2, -0.15) is 0 Å². The molecule has 0 spiro atoms. The van der Waals surface area contributed by atoms with Gasteiger partial charge in [-0.3, -0.25) is 4.90 Å².